The number of ether oxygens (including phenoxy) is 1. The third-order valence-corrected chi connectivity index (χ3v) is 7.62. The standard InChI is InChI=1S/C30H32N6O4/c1-4-7-26-25(28(37)35(29-31-17-32-36(26)29)22-14-18(2)39-19(3)15-22)16-20-10-12-21(13-11-20)23-8-5-6-9-24(23)27-33-30(38)40-34-27/h5-6,8-13,17-19,22H,4,7,14-16H2,1-3H3,(H,33,34,38)/t18-,19+,22?. The molecule has 0 aliphatic carbocycles. The van der Waals surface area contributed by atoms with Crippen molar-refractivity contribution in [3.8, 4) is 22.5 Å². The van der Waals surface area contributed by atoms with Crippen molar-refractivity contribution < 1.29 is 9.26 Å². The molecule has 10 nitrogen and oxygen atoms in total. The first-order valence-electron chi connectivity index (χ1n) is 13.8. The molecule has 1 aliphatic rings. The number of rotatable bonds is 7. The van der Waals surface area contributed by atoms with Crippen molar-refractivity contribution in [1.29, 1.82) is 0 Å². The number of fused-ring (bicyclic) bond motifs is 1. The quantitative estimate of drug-likeness (QED) is 0.321. The predicted molar refractivity (Wildman–Crippen MR) is 150 cm³/mol. The van der Waals surface area contributed by atoms with E-state index in [0.717, 1.165) is 59.2 Å². The Morgan fingerprint density at radius 1 is 1.00 bits per heavy atom. The number of hydrogen-bond donors (Lipinski definition) is 1. The van der Waals surface area contributed by atoms with Crippen LogP contribution in [0.25, 0.3) is 28.3 Å². The Hall–Kier alpha value is -4.31. The van der Waals surface area contributed by atoms with Gasteiger partial charge in [-0.3, -0.25) is 18.9 Å². The summed E-state index contributed by atoms with van der Waals surface area (Å²) >= 11 is 0. The minimum atomic E-state index is -0.595. The van der Waals surface area contributed by atoms with E-state index in [1.165, 1.54) is 6.33 Å². The Labute approximate surface area is 230 Å². The van der Waals surface area contributed by atoms with Crippen molar-refractivity contribution in [2.24, 2.45) is 0 Å². The van der Waals surface area contributed by atoms with Crippen molar-refractivity contribution in [2.45, 2.75) is 71.1 Å². The summed E-state index contributed by atoms with van der Waals surface area (Å²) in [6.07, 6.45) is 5.27. The van der Waals surface area contributed by atoms with E-state index in [9.17, 15) is 9.59 Å². The summed E-state index contributed by atoms with van der Waals surface area (Å²) in [6, 6.07) is 15.8. The van der Waals surface area contributed by atoms with Crippen LogP contribution >= 0.6 is 0 Å². The molecule has 0 bridgehead atoms. The van der Waals surface area contributed by atoms with Gasteiger partial charge in [0.2, 0.25) is 5.78 Å². The van der Waals surface area contributed by atoms with Gasteiger partial charge in [0.15, 0.2) is 5.82 Å². The summed E-state index contributed by atoms with van der Waals surface area (Å²) in [4.78, 5) is 32.9. The lowest BCUT2D eigenvalue weighted by Crippen LogP contribution is -2.38. The fraction of sp³-hybridized carbons (Fsp3) is 0.367. The van der Waals surface area contributed by atoms with Crippen molar-refractivity contribution in [3.63, 3.8) is 0 Å². The first kappa shape index (κ1) is 25.9. The molecule has 3 aromatic heterocycles. The maximum Gasteiger partial charge on any atom is 0.439 e. The topological polar surface area (TPSA) is 120 Å². The normalized spacial score (nSPS) is 19.3. The fourth-order valence-electron chi connectivity index (χ4n) is 5.95. The molecule has 1 aliphatic heterocycles. The molecule has 3 atom stereocenters. The number of nitrogens with zero attached hydrogens (tertiary/aromatic N) is 5. The van der Waals surface area contributed by atoms with Crippen LogP contribution in [-0.4, -0.2) is 41.5 Å². The number of H-pyrrole nitrogens is 1. The Morgan fingerprint density at radius 3 is 2.40 bits per heavy atom. The molecule has 5 aromatic rings. The highest BCUT2D eigenvalue weighted by molar-refractivity contribution is 5.80. The molecule has 40 heavy (non-hydrogen) atoms. The van der Waals surface area contributed by atoms with E-state index >= 15 is 0 Å². The molecule has 2 aromatic carbocycles. The van der Waals surface area contributed by atoms with Crippen LogP contribution in [-0.2, 0) is 17.6 Å². The van der Waals surface area contributed by atoms with Crippen LogP contribution in [0.3, 0.4) is 0 Å². The summed E-state index contributed by atoms with van der Waals surface area (Å²) in [7, 11) is 0. The van der Waals surface area contributed by atoms with Gasteiger partial charge in [0, 0.05) is 23.6 Å². The summed E-state index contributed by atoms with van der Waals surface area (Å²) in [5.41, 5.74) is 5.33. The molecule has 1 N–H and O–H groups in total. The van der Waals surface area contributed by atoms with Crippen molar-refractivity contribution in [2.75, 3.05) is 0 Å². The van der Waals surface area contributed by atoms with Crippen LogP contribution < -0.4 is 11.3 Å². The third-order valence-electron chi connectivity index (χ3n) is 7.62. The second-order valence-corrected chi connectivity index (χ2v) is 10.6. The van der Waals surface area contributed by atoms with E-state index in [0.29, 0.717) is 18.0 Å². The molecule has 0 saturated carbocycles. The van der Waals surface area contributed by atoms with Crippen LogP contribution in [0.2, 0.25) is 0 Å². The zero-order valence-corrected chi connectivity index (χ0v) is 22.8. The number of aryl methyl sites for hydroxylation is 1. The molecule has 0 amide bonds. The smallest absolute Gasteiger partial charge is 0.375 e. The van der Waals surface area contributed by atoms with E-state index < -0.39 is 5.76 Å². The molecule has 0 radical (unpaired) electrons. The summed E-state index contributed by atoms with van der Waals surface area (Å²) in [5, 5.41) is 8.40. The van der Waals surface area contributed by atoms with Crippen molar-refractivity contribution in [3.05, 3.63) is 92.6 Å². The molecular weight excluding hydrogens is 508 g/mol. The molecule has 6 rings (SSSR count). The molecule has 1 fully saturated rings. The number of aromatic nitrogens is 6. The van der Waals surface area contributed by atoms with E-state index in [4.69, 9.17) is 9.26 Å². The second-order valence-electron chi connectivity index (χ2n) is 10.6. The predicted octanol–water partition coefficient (Wildman–Crippen LogP) is 4.57. The Bertz CT molecular complexity index is 1750. The van der Waals surface area contributed by atoms with Gasteiger partial charge in [0.1, 0.15) is 6.33 Å². The van der Waals surface area contributed by atoms with Gasteiger partial charge in [-0.2, -0.15) is 10.1 Å². The maximum absolute atomic E-state index is 14.2. The average molecular weight is 541 g/mol. The largest absolute Gasteiger partial charge is 0.439 e. The minimum Gasteiger partial charge on any atom is -0.375 e. The van der Waals surface area contributed by atoms with Crippen LogP contribution in [0.5, 0.6) is 0 Å². The van der Waals surface area contributed by atoms with E-state index in [2.05, 4.69) is 41.0 Å². The second kappa shape index (κ2) is 10.7. The summed E-state index contributed by atoms with van der Waals surface area (Å²) < 4.78 is 14.4. The van der Waals surface area contributed by atoms with Gasteiger partial charge in [0.05, 0.1) is 17.9 Å². The zero-order valence-electron chi connectivity index (χ0n) is 22.8. The Balaban J connectivity index is 1.39. The highest BCUT2D eigenvalue weighted by Gasteiger charge is 2.30. The number of aromatic amines is 1. The highest BCUT2D eigenvalue weighted by atomic mass is 16.5. The lowest BCUT2D eigenvalue weighted by Gasteiger charge is -2.33. The number of hydrogen-bond acceptors (Lipinski definition) is 7. The lowest BCUT2D eigenvalue weighted by atomic mass is 9.95. The van der Waals surface area contributed by atoms with Crippen molar-refractivity contribution in [1.82, 2.24) is 29.3 Å². The minimum absolute atomic E-state index is 0.000316. The van der Waals surface area contributed by atoms with E-state index in [-0.39, 0.29) is 23.8 Å². The Morgan fingerprint density at radius 2 is 1.73 bits per heavy atom. The van der Waals surface area contributed by atoms with E-state index in [1.807, 2.05) is 57.6 Å². The summed E-state index contributed by atoms with van der Waals surface area (Å²) in [5.74, 6) is 0.386. The van der Waals surface area contributed by atoms with Gasteiger partial charge < -0.3 is 4.74 Å². The first-order valence-corrected chi connectivity index (χ1v) is 13.8. The van der Waals surface area contributed by atoms with Gasteiger partial charge in [-0.15, -0.1) is 0 Å². The van der Waals surface area contributed by atoms with Crippen LogP contribution in [0, 0.1) is 0 Å². The molecule has 0 spiro atoms. The molecule has 1 saturated heterocycles. The first-order chi connectivity index (χ1) is 19.4. The number of benzene rings is 2. The third kappa shape index (κ3) is 4.79. The molecule has 4 heterocycles. The van der Waals surface area contributed by atoms with Gasteiger partial charge in [-0.1, -0.05) is 67.0 Å². The van der Waals surface area contributed by atoms with Gasteiger partial charge in [-0.05, 0) is 49.8 Å². The van der Waals surface area contributed by atoms with E-state index in [1.54, 1.807) is 0 Å². The summed E-state index contributed by atoms with van der Waals surface area (Å²) in [6.45, 7) is 6.22. The van der Waals surface area contributed by atoms with Crippen LogP contribution in [0.15, 0.2) is 69.0 Å². The average Bonchev–Trinajstić information content (AvgIpc) is 3.60. The molecular formula is C30H32N6O4. The van der Waals surface area contributed by atoms with Crippen LogP contribution in [0.4, 0.5) is 0 Å². The SMILES string of the molecule is CCCc1c(Cc2ccc(-c3ccccc3-c3noc(=O)[nH]3)cc2)c(=O)n(C2C[C@@H](C)O[C@@H](C)C2)c2ncnn12. The molecule has 10 heteroatoms. The van der Waals surface area contributed by atoms with Gasteiger partial charge in [-0.25, -0.2) is 9.31 Å². The lowest BCUT2D eigenvalue weighted by molar-refractivity contribution is -0.0488. The van der Waals surface area contributed by atoms with Crippen molar-refractivity contribution >= 4 is 5.78 Å². The highest BCUT2D eigenvalue weighted by Crippen LogP contribution is 2.31. The van der Waals surface area contributed by atoms with Gasteiger partial charge in [0.25, 0.3) is 5.56 Å². The monoisotopic (exact) mass is 540 g/mol. The van der Waals surface area contributed by atoms with Crippen LogP contribution in [0.1, 0.15) is 62.9 Å². The molecule has 206 valence electrons. The number of nitrogens with one attached hydrogen (secondary N) is 1. The van der Waals surface area contributed by atoms with Gasteiger partial charge >= 0.3 is 5.76 Å². The zero-order chi connectivity index (χ0) is 27.8. The maximum atomic E-state index is 14.2. The fourth-order valence-corrected chi connectivity index (χ4v) is 5.95. The Kier molecular flexibility index (Phi) is 6.93. The molecule has 1 unspecified atom stereocenters.